The normalized spacial score (nSPS) is 11.2. The molecule has 0 bridgehead atoms. The predicted octanol–water partition coefficient (Wildman–Crippen LogP) is 1.74. The van der Waals surface area contributed by atoms with Crippen LogP contribution in [0.3, 0.4) is 0 Å². The fourth-order valence-corrected chi connectivity index (χ4v) is 1.78. The summed E-state index contributed by atoms with van der Waals surface area (Å²) in [5, 5.41) is 1.82. The van der Waals surface area contributed by atoms with Crippen molar-refractivity contribution in [2.24, 2.45) is 0 Å². The second-order valence-corrected chi connectivity index (χ2v) is 4.53. The minimum absolute atomic E-state index is 0.130. The molecule has 4 nitrogen and oxygen atoms in total. The third kappa shape index (κ3) is 2.20. The van der Waals surface area contributed by atoms with Gasteiger partial charge in [0.2, 0.25) is 0 Å². The average Bonchev–Trinajstić information content (AvgIpc) is 2.28. The van der Waals surface area contributed by atoms with Gasteiger partial charge in [0.1, 0.15) is 5.75 Å². The molecule has 5 heteroatoms. The lowest BCUT2D eigenvalue weighted by Crippen LogP contribution is -2.09. The van der Waals surface area contributed by atoms with E-state index < -0.39 is 10.1 Å². The van der Waals surface area contributed by atoms with Crippen molar-refractivity contribution in [1.82, 2.24) is 0 Å². The van der Waals surface area contributed by atoms with Gasteiger partial charge in [-0.2, -0.15) is 8.42 Å². The highest BCUT2D eigenvalue weighted by molar-refractivity contribution is 8.00. The number of hydrogen-bond donors (Lipinski definition) is 0. The predicted molar refractivity (Wildman–Crippen MR) is 60.2 cm³/mol. The molecule has 82 valence electrons. The molecule has 0 N–H and O–H groups in total. The summed E-state index contributed by atoms with van der Waals surface area (Å²) in [4.78, 5) is 10.2. The van der Waals surface area contributed by atoms with Crippen molar-refractivity contribution >= 4 is 26.5 Å². The molecule has 0 heterocycles. The average molecular weight is 236 g/mol. The fourth-order valence-electron chi connectivity index (χ4n) is 1.37. The molecule has 0 atom stereocenters. The van der Waals surface area contributed by atoms with Gasteiger partial charge in [0.05, 0.1) is 0 Å². The van der Waals surface area contributed by atoms with E-state index >= 15 is 0 Å². The summed E-state index contributed by atoms with van der Waals surface area (Å²) in [6.07, 6.45) is 0. The first kappa shape index (κ1) is 10.6. The van der Waals surface area contributed by atoms with E-state index in [0.717, 1.165) is 10.8 Å². The van der Waals surface area contributed by atoms with Gasteiger partial charge in [-0.05, 0) is 22.9 Å². The van der Waals surface area contributed by atoms with Crippen molar-refractivity contribution in [3.8, 4) is 5.75 Å². The van der Waals surface area contributed by atoms with Gasteiger partial charge in [0.25, 0.3) is 5.62 Å². The Labute approximate surface area is 92.6 Å². The van der Waals surface area contributed by atoms with E-state index in [1.807, 2.05) is 24.3 Å². The summed E-state index contributed by atoms with van der Waals surface area (Å²) in [6, 6.07) is 12.2. The molecule has 2 aromatic rings. The van der Waals surface area contributed by atoms with Crippen LogP contribution in [0.15, 0.2) is 42.5 Å². The van der Waals surface area contributed by atoms with Crippen molar-refractivity contribution in [1.29, 1.82) is 0 Å². The second-order valence-electron chi connectivity index (χ2n) is 3.18. The van der Waals surface area contributed by atoms with Crippen LogP contribution in [0.5, 0.6) is 5.75 Å². The van der Waals surface area contributed by atoms with E-state index in [1.165, 1.54) is 6.07 Å². The zero-order chi connectivity index (χ0) is 11.6. The topological polar surface area (TPSA) is 60.4 Å². The first-order valence-electron chi connectivity index (χ1n) is 4.49. The number of fused-ring (bicyclic) bond motifs is 1. The van der Waals surface area contributed by atoms with Crippen LogP contribution in [0.1, 0.15) is 0 Å². The molecule has 0 radical (unpaired) electrons. The van der Waals surface area contributed by atoms with Crippen molar-refractivity contribution < 1.29 is 17.4 Å². The quantitative estimate of drug-likeness (QED) is 0.601. The Kier molecular flexibility index (Phi) is 2.62. The monoisotopic (exact) mass is 236 g/mol. The van der Waals surface area contributed by atoms with Gasteiger partial charge in [-0.25, -0.2) is 0 Å². The lowest BCUT2D eigenvalue weighted by molar-refractivity contribution is 0.489. The molecular formula is C11H8O4S. The number of carbonyl (C=O) groups is 1. The molecule has 0 saturated heterocycles. The Bertz CT molecular complexity index is 631. The lowest BCUT2D eigenvalue weighted by atomic mass is 10.1. The van der Waals surface area contributed by atoms with E-state index in [0.29, 0.717) is 0 Å². The number of benzene rings is 2. The highest BCUT2D eigenvalue weighted by Gasteiger charge is 2.10. The van der Waals surface area contributed by atoms with E-state index in [9.17, 15) is 13.2 Å². The van der Waals surface area contributed by atoms with E-state index in [1.54, 1.807) is 12.1 Å². The summed E-state index contributed by atoms with van der Waals surface area (Å²) >= 11 is 0. The minimum atomic E-state index is -4.12. The maximum atomic E-state index is 10.9. The van der Waals surface area contributed by atoms with Crippen molar-refractivity contribution in [3.63, 3.8) is 0 Å². The van der Waals surface area contributed by atoms with E-state index in [4.69, 9.17) is 0 Å². The Balaban J connectivity index is 2.44. The molecule has 16 heavy (non-hydrogen) atoms. The van der Waals surface area contributed by atoms with Gasteiger partial charge >= 0.3 is 10.1 Å². The largest absolute Gasteiger partial charge is 0.377 e. The number of hydrogen-bond acceptors (Lipinski definition) is 4. The molecule has 0 aliphatic rings. The van der Waals surface area contributed by atoms with Crippen molar-refractivity contribution in [2.45, 2.75) is 0 Å². The summed E-state index contributed by atoms with van der Waals surface area (Å²) in [6.45, 7) is 0. The lowest BCUT2D eigenvalue weighted by Gasteiger charge is -2.03. The molecule has 0 spiro atoms. The number of rotatable bonds is 3. The Morgan fingerprint density at radius 3 is 2.38 bits per heavy atom. The first-order valence-corrected chi connectivity index (χ1v) is 5.96. The molecule has 2 aromatic carbocycles. The maximum Gasteiger partial charge on any atom is 0.370 e. The Morgan fingerprint density at radius 1 is 1.00 bits per heavy atom. The molecule has 0 fully saturated rings. The summed E-state index contributed by atoms with van der Waals surface area (Å²) in [5.41, 5.74) is -0.220. The van der Waals surface area contributed by atoms with Crippen LogP contribution in [0.2, 0.25) is 0 Å². The molecular weight excluding hydrogens is 228 g/mol. The van der Waals surface area contributed by atoms with Crippen LogP contribution in [-0.4, -0.2) is 14.0 Å². The zero-order valence-corrected chi connectivity index (χ0v) is 8.98. The molecule has 0 aliphatic carbocycles. The van der Waals surface area contributed by atoms with Gasteiger partial charge in [0, 0.05) is 0 Å². The fraction of sp³-hybridized carbons (Fsp3) is 0. The van der Waals surface area contributed by atoms with E-state index in [-0.39, 0.29) is 11.4 Å². The van der Waals surface area contributed by atoms with Crippen LogP contribution >= 0.6 is 0 Å². The molecule has 2 rings (SSSR count). The van der Waals surface area contributed by atoms with Gasteiger partial charge in [-0.15, -0.1) is 0 Å². The molecule has 0 amide bonds. The standard InChI is InChI=1S/C11H8O4S/c12-8-16(13,14)15-11-6-5-9-3-1-2-4-10(9)7-11/h1-8H. The first-order chi connectivity index (χ1) is 7.61. The van der Waals surface area contributed by atoms with Gasteiger partial charge in [0.15, 0.2) is 0 Å². The van der Waals surface area contributed by atoms with Crippen LogP contribution in [-0.2, 0) is 14.9 Å². The number of carbonyl (C=O) groups excluding carboxylic acids is 1. The third-order valence-electron chi connectivity index (χ3n) is 2.05. The second kappa shape index (κ2) is 3.94. The van der Waals surface area contributed by atoms with Crippen molar-refractivity contribution in [3.05, 3.63) is 42.5 Å². The van der Waals surface area contributed by atoms with Crippen LogP contribution < -0.4 is 4.18 Å². The highest BCUT2D eigenvalue weighted by atomic mass is 32.2. The summed E-state index contributed by atoms with van der Waals surface area (Å²) < 4.78 is 26.4. The van der Waals surface area contributed by atoms with Crippen LogP contribution in [0, 0.1) is 0 Å². The van der Waals surface area contributed by atoms with Crippen LogP contribution in [0.25, 0.3) is 10.8 Å². The highest BCUT2D eigenvalue weighted by Crippen LogP contribution is 2.21. The summed E-state index contributed by atoms with van der Waals surface area (Å²) in [5.74, 6) is 0.130. The van der Waals surface area contributed by atoms with Crippen LogP contribution in [0.4, 0.5) is 0 Å². The summed E-state index contributed by atoms with van der Waals surface area (Å²) in [7, 11) is -4.12. The molecule has 0 saturated carbocycles. The third-order valence-corrected chi connectivity index (χ3v) is 2.71. The van der Waals surface area contributed by atoms with Crippen molar-refractivity contribution in [2.75, 3.05) is 0 Å². The Hall–Kier alpha value is -1.88. The minimum Gasteiger partial charge on any atom is -0.377 e. The Morgan fingerprint density at radius 2 is 1.69 bits per heavy atom. The van der Waals surface area contributed by atoms with Gasteiger partial charge < -0.3 is 4.18 Å². The maximum absolute atomic E-state index is 10.9. The molecule has 0 aliphatic heterocycles. The SMILES string of the molecule is O=CS(=O)(=O)Oc1ccc2ccccc2c1. The smallest absolute Gasteiger partial charge is 0.370 e. The molecule has 0 unspecified atom stereocenters. The van der Waals surface area contributed by atoms with E-state index in [2.05, 4.69) is 4.18 Å². The van der Waals surface area contributed by atoms with Gasteiger partial charge in [-0.3, -0.25) is 4.79 Å². The molecule has 0 aromatic heterocycles. The van der Waals surface area contributed by atoms with Gasteiger partial charge in [-0.1, -0.05) is 30.3 Å². The zero-order valence-electron chi connectivity index (χ0n) is 8.16.